The number of benzene rings is 1. The van der Waals surface area contributed by atoms with E-state index in [0.717, 1.165) is 25.7 Å². The number of nitrogens with one attached hydrogen (secondary N) is 1. The van der Waals surface area contributed by atoms with Crippen LogP contribution in [0.25, 0.3) is 0 Å². The Morgan fingerprint density at radius 2 is 1.95 bits per heavy atom. The molecule has 1 aromatic carbocycles. The second-order valence-electron chi connectivity index (χ2n) is 5.32. The summed E-state index contributed by atoms with van der Waals surface area (Å²) in [5.74, 6) is -0.478. The summed E-state index contributed by atoms with van der Waals surface area (Å²) in [5.41, 5.74) is 0.0243. The molecule has 0 aliphatic heterocycles. The maximum absolute atomic E-state index is 13.5. The molecule has 0 heterocycles. The molecular formula is C14H18Cl2FNO. The molecule has 2 N–H and O–H groups in total. The normalized spacial score (nSPS) is 19.6. The first-order valence-electron chi connectivity index (χ1n) is 6.51. The van der Waals surface area contributed by atoms with Gasteiger partial charge in [-0.25, -0.2) is 4.39 Å². The first kappa shape index (κ1) is 15.0. The molecule has 0 saturated heterocycles. The van der Waals surface area contributed by atoms with Crippen LogP contribution in [0.15, 0.2) is 12.1 Å². The van der Waals surface area contributed by atoms with E-state index in [1.807, 2.05) is 6.92 Å². The van der Waals surface area contributed by atoms with Gasteiger partial charge in [0.15, 0.2) is 0 Å². The molecule has 0 spiro atoms. The van der Waals surface area contributed by atoms with Crippen molar-refractivity contribution in [2.24, 2.45) is 0 Å². The molecule has 1 aliphatic carbocycles. The van der Waals surface area contributed by atoms with Crippen LogP contribution < -0.4 is 5.32 Å². The molecule has 19 heavy (non-hydrogen) atoms. The van der Waals surface area contributed by atoms with Crippen molar-refractivity contribution in [2.75, 3.05) is 6.54 Å². The summed E-state index contributed by atoms with van der Waals surface area (Å²) < 4.78 is 13.5. The molecule has 2 nitrogen and oxygen atoms in total. The Morgan fingerprint density at radius 3 is 2.58 bits per heavy atom. The van der Waals surface area contributed by atoms with Crippen LogP contribution in [0.1, 0.15) is 44.2 Å². The van der Waals surface area contributed by atoms with Gasteiger partial charge in [-0.15, -0.1) is 0 Å². The fraction of sp³-hybridized carbons (Fsp3) is 0.571. The summed E-state index contributed by atoms with van der Waals surface area (Å²) in [6.07, 6.45) is 3.75. The predicted octanol–water partition coefficient (Wildman–Crippen LogP) is 4.09. The second-order valence-corrected chi connectivity index (χ2v) is 6.14. The van der Waals surface area contributed by atoms with Gasteiger partial charge in [0, 0.05) is 17.6 Å². The zero-order valence-electron chi connectivity index (χ0n) is 10.8. The number of hydrogen-bond donors (Lipinski definition) is 2. The van der Waals surface area contributed by atoms with Crippen LogP contribution in [0.5, 0.6) is 0 Å². The highest BCUT2D eigenvalue weighted by Gasteiger charge is 2.31. The average molecular weight is 306 g/mol. The molecule has 0 aromatic heterocycles. The highest BCUT2D eigenvalue weighted by Crippen LogP contribution is 2.31. The van der Waals surface area contributed by atoms with Crippen molar-refractivity contribution in [3.8, 4) is 0 Å². The third-order valence-corrected chi connectivity index (χ3v) is 4.39. The van der Waals surface area contributed by atoms with Crippen molar-refractivity contribution >= 4 is 23.2 Å². The lowest BCUT2D eigenvalue weighted by Gasteiger charge is -2.25. The zero-order chi connectivity index (χ0) is 14.0. The van der Waals surface area contributed by atoms with Gasteiger partial charge in [-0.3, -0.25) is 0 Å². The van der Waals surface area contributed by atoms with Crippen molar-refractivity contribution in [3.05, 3.63) is 33.6 Å². The Bertz CT molecular complexity index is 461. The van der Waals surface area contributed by atoms with Crippen LogP contribution in [0.3, 0.4) is 0 Å². The molecule has 1 unspecified atom stereocenters. The lowest BCUT2D eigenvalue weighted by Crippen LogP contribution is -2.39. The number of rotatable bonds is 4. The largest absolute Gasteiger partial charge is 0.389 e. The number of aliphatic hydroxyl groups is 1. The average Bonchev–Trinajstić information content (AvgIpc) is 2.78. The molecule has 106 valence electrons. The van der Waals surface area contributed by atoms with E-state index in [2.05, 4.69) is 5.32 Å². The highest BCUT2D eigenvalue weighted by atomic mass is 35.5. The Hall–Kier alpha value is -0.350. The van der Waals surface area contributed by atoms with E-state index in [-0.39, 0.29) is 11.1 Å². The minimum atomic E-state index is -0.633. The molecule has 0 bridgehead atoms. The van der Waals surface area contributed by atoms with Gasteiger partial charge in [0.05, 0.1) is 10.6 Å². The molecule has 1 aromatic rings. The third-order valence-electron chi connectivity index (χ3n) is 3.78. The molecule has 0 amide bonds. The monoisotopic (exact) mass is 305 g/mol. The molecule has 2 rings (SSSR count). The Kier molecular flexibility index (Phi) is 4.72. The van der Waals surface area contributed by atoms with E-state index in [0.29, 0.717) is 17.1 Å². The lowest BCUT2D eigenvalue weighted by atomic mass is 10.0. The standard InChI is InChI=1S/C14H18Cl2FNO/c1-9(18-8-14(19)4-2-3-5-14)10-6-13(17)12(16)7-11(10)15/h6-7,9,18-19H,2-5,8H2,1H3. The molecule has 0 radical (unpaired) electrons. The van der Waals surface area contributed by atoms with E-state index in [9.17, 15) is 9.50 Å². The summed E-state index contributed by atoms with van der Waals surface area (Å²) in [4.78, 5) is 0. The quantitative estimate of drug-likeness (QED) is 0.821. The molecule has 1 atom stereocenters. The second kappa shape index (κ2) is 5.96. The van der Waals surface area contributed by atoms with Gasteiger partial charge in [0.25, 0.3) is 0 Å². The molecule has 1 aliphatic rings. The van der Waals surface area contributed by atoms with Crippen LogP contribution in [-0.4, -0.2) is 17.3 Å². The highest BCUT2D eigenvalue weighted by molar-refractivity contribution is 6.35. The number of halogens is 3. The van der Waals surface area contributed by atoms with Crippen LogP contribution in [0.4, 0.5) is 4.39 Å². The van der Waals surface area contributed by atoms with Gasteiger partial charge >= 0.3 is 0 Å². The van der Waals surface area contributed by atoms with Crippen molar-refractivity contribution in [1.82, 2.24) is 5.32 Å². The maximum Gasteiger partial charge on any atom is 0.142 e. The first-order chi connectivity index (χ1) is 8.91. The lowest BCUT2D eigenvalue weighted by molar-refractivity contribution is 0.0453. The summed E-state index contributed by atoms with van der Waals surface area (Å²) in [6, 6.07) is 2.63. The first-order valence-corrected chi connectivity index (χ1v) is 7.27. The Morgan fingerprint density at radius 1 is 1.32 bits per heavy atom. The van der Waals surface area contributed by atoms with E-state index in [1.165, 1.54) is 12.1 Å². The van der Waals surface area contributed by atoms with E-state index in [1.54, 1.807) is 0 Å². The fourth-order valence-electron chi connectivity index (χ4n) is 2.53. The van der Waals surface area contributed by atoms with E-state index in [4.69, 9.17) is 23.2 Å². The zero-order valence-corrected chi connectivity index (χ0v) is 12.4. The molecule has 1 saturated carbocycles. The molecule has 5 heteroatoms. The summed E-state index contributed by atoms with van der Waals surface area (Å²) >= 11 is 11.7. The van der Waals surface area contributed by atoms with Crippen LogP contribution in [0.2, 0.25) is 10.0 Å². The number of hydrogen-bond acceptors (Lipinski definition) is 2. The Labute approximate surface area is 122 Å². The van der Waals surface area contributed by atoms with Crippen LogP contribution >= 0.6 is 23.2 Å². The van der Waals surface area contributed by atoms with Gasteiger partial charge in [0.1, 0.15) is 5.82 Å². The van der Waals surface area contributed by atoms with Crippen molar-refractivity contribution in [2.45, 2.75) is 44.2 Å². The van der Waals surface area contributed by atoms with Gasteiger partial charge in [0.2, 0.25) is 0 Å². The van der Waals surface area contributed by atoms with E-state index < -0.39 is 11.4 Å². The van der Waals surface area contributed by atoms with Gasteiger partial charge in [-0.05, 0) is 37.5 Å². The smallest absolute Gasteiger partial charge is 0.142 e. The SMILES string of the molecule is CC(NCC1(O)CCCC1)c1cc(F)c(Cl)cc1Cl. The van der Waals surface area contributed by atoms with Gasteiger partial charge < -0.3 is 10.4 Å². The van der Waals surface area contributed by atoms with Gasteiger partial charge in [-0.2, -0.15) is 0 Å². The minimum absolute atomic E-state index is 0.0235. The Balaban J connectivity index is 2.03. The predicted molar refractivity (Wildman–Crippen MR) is 76.3 cm³/mol. The summed E-state index contributed by atoms with van der Waals surface area (Å²) in [5, 5.41) is 13.9. The molecular weight excluding hydrogens is 288 g/mol. The topological polar surface area (TPSA) is 32.3 Å². The summed E-state index contributed by atoms with van der Waals surface area (Å²) in [7, 11) is 0. The third kappa shape index (κ3) is 3.60. The van der Waals surface area contributed by atoms with Crippen LogP contribution in [0, 0.1) is 5.82 Å². The summed E-state index contributed by atoms with van der Waals surface area (Å²) in [6.45, 7) is 2.39. The fourth-order valence-corrected chi connectivity index (χ4v) is 3.08. The van der Waals surface area contributed by atoms with Gasteiger partial charge in [-0.1, -0.05) is 36.0 Å². The van der Waals surface area contributed by atoms with Crippen LogP contribution in [-0.2, 0) is 0 Å². The maximum atomic E-state index is 13.5. The van der Waals surface area contributed by atoms with Crippen molar-refractivity contribution in [3.63, 3.8) is 0 Å². The molecule has 1 fully saturated rings. The minimum Gasteiger partial charge on any atom is -0.389 e. The van der Waals surface area contributed by atoms with E-state index >= 15 is 0 Å². The van der Waals surface area contributed by atoms with Crippen molar-refractivity contribution < 1.29 is 9.50 Å². The van der Waals surface area contributed by atoms with Crippen molar-refractivity contribution in [1.29, 1.82) is 0 Å².